The van der Waals surface area contributed by atoms with Crippen LogP contribution in [0.3, 0.4) is 0 Å². The molecule has 1 N–H and O–H groups in total. The lowest BCUT2D eigenvalue weighted by Crippen LogP contribution is -2.36. The minimum absolute atomic E-state index is 0.308. The number of hydrogen-bond acceptors (Lipinski definition) is 3. The number of ether oxygens (including phenoxy) is 2. The van der Waals surface area contributed by atoms with E-state index in [-0.39, 0.29) is 0 Å². The molecule has 1 aliphatic heterocycles. The van der Waals surface area contributed by atoms with Crippen LogP contribution >= 0.6 is 0 Å². The second-order valence-electron chi connectivity index (χ2n) is 4.64. The van der Waals surface area contributed by atoms with Crippen LogP contribution in [0.4, 0.5) is 0 Å². The Kier molecular flexibility index (Phi) is 4.02. The first-order chi connectivity index (χ1) is 8.20. The van der Waals surface area contributed by atoms with E-state index in [1.165, 1.54) is 5.56 Å². The molecule has 0 bridgehead atoms. The van der Waals surface area contributed by atoms with Crippen LogP contribution in [0.25, 0.3) is 0 Å². The van der Waals surface area contributed by atoms with Crippen LogP contribution in [0, 0.1) is 0 Å². The standard InChI is InChI=1S/C14H21NO2/c1-10(15-14-7-8-17-11(14)2)12-5-4-6-13(9-12)16-3/h4-6,9-11,14-15H,7-8H2,1-3H3/t10-,11?,14?/m0/s1. The molecule has 3 nitrogen and oxygen atoms in total. The molecule has 0 aromatic heterocycles. The minimum atomic E-state index is 0.308. The first kappa shape index (κ1) is 12.4. The van der Waals surface area contributed by atoms with Crippen molar-refractivity contribution in [2.45, 2.75) is 38.5 Å². The molecule has 1 heterocycles. The summed E-state index contributed by atoms with van der Waals surface area (Å²) in [5.74, 6) is 0.909. The van der Waals surface area contributed by atoms with Gasteiger partial charge in [-0.1, -0.05) is 12.1 Å². The average Bonchev–Trinajstić information content (AvgIpc) is 2.75. The molecule has 0 aliphatic carbocycles. The number of nitrogens with one attached hydrogen (secondary N) is 1. The lowest BCUT2D eigenvalue weighted by molar-refractivity contribution is 0.111. The molecule has 1 fully saturated rings. The van der Waals surface area contributed by atoms with Gasteiger partial charge in [-0.05, 0) is 38.0 Å². The summed E-state index contributed by atoms with van der Waals surface area (Å²) in [6.07, 6.45) is 1.40. The molecule has 94 valence electrons. The first-order valence-electron chi connectivity index (χ1n) is 6.22. The van der Waals surface area contributed by atoms with Crippen molar-refractivity contribution in [3.63, 3.8) is 0 Å². The molecule has 17 heavy (non-hydrogen) atoms. The van der Waals surface area contributed by atoms with Gasteiger partial charge in [0.2, 0.25) is 0 Å². The van der Waals surface area contributed by atoms with E-state index in [4.69, 9.17) is 9.47 Å². The van der Waals surface area contributed by atoms with E-state index in [0.717, 1.165) is 18.8 Å². The highest BCUT2D eigenvalue weighted by Gasteiger charge is 2.25. The molecule has 0 spiro atoms. The Hall–Kier alpha value is -1.06. The van der Waals surface area contributed by atoms with Crippen molar-refractivity contribution < 1.29 is 9.47 Å². The second-order valence-corrected chi connectivity index (χ2v) is 4.64. The van der Waals surface area contributed by atoms with Crippen LogP contribution in [0.1, 0.15) is 31.9 Å². The molecule has 2 rings (SSSR count). The highest BCUT2D eigenvalue weighted by atomic mass is 16.5. The summed E-state index contributed by atoms with van der Waals surface area (Å²) in [4.78, 5) is 0. The van der Waals surface area contributed by atoms with Gasteiger partial charge >= 0.3 is 0 Å². The third-order valence-corrected chi connectivity index (χ3v) is 3.43. The van der Waals surface area contributed by atoms with E-state index >= 15 is 0 Å². The molecule has 0 amide bonds. The molecular formula is C14H21NO2. The summed E-state index contributed by atoms with van der Waals surface area (Å²) in [6, 6.07) is 8.98. The summed E-state index contributed by atoms with van der Waals surface area (Å²) in [5, 5.41) is 3.62. The molecule has 1 aromatic rings. The van der Waals surface area contributed by atoms with Crippen molar-refractivity contribution in [2.75, 3.05) is 13.7 Å². The summed E-state index contributed by atoms with van der Waals surface area (Å²) in [5.41, 5.74) is 1.25. The summed E-state index contributed by atoms with van der Waals surface area (Å²) >= 11 is 0. The zero-order valence-electron chi connectivity index (χ0n) is 10.8. The average molecular weight is 235 g/mol. The number of benzene rings is 1. The van der Waals surface area contributed by atoms with Crippen molar-refractivity contribution in [2.24, 2.45) is 0 Å². The van der Waals surface area contributed by atoms with Gasteiger partial charge in [-0.3, -0.25) is 0 Å². The number of rotatable bonds is 4. The summed E-state index contributed by atoms with van der Waals surface area (Å²) < 4.78 is 10.8. The van der Waals surface area contributed by atoms with Crippen LogP contribution in [0.2, 0.25) is 0 Å². The van der Waals surface area contributed by atoms with Gasteiger partial charge in [-0.2, -0.15) is 0 Å². The molecule has 1 saturated heterocycles. The Labute approximate surface area is 103 Å². The van der Waals surface area contributed by atoms with Gasteiger partial charge in [0, 0.05) is 18.7 Å². The topological polar surface area (TPSA) is 30.5 Å². The van der Waals surface area contributed by atoms with E-state index in [2.05, 4.69) is 31.3 Å². The monoisotopic (exact) mass is 235 g/mol. The maximum absolute atomic E-state index is 5.56. The van der Waals surface area contributed by atoms with Gasteiger partial charge in [0.05, 0.1) is 13.2 Å². The van der Waals surface area contributed by atoms with Crippen LogP contribution in [-0.4, -0.2) is 25.9 Å². The van der Waals surface area contributed by atoms with E-state index in [1.807, 2.05) is 12.1 Å². The highest BCUT2D eigenvalue weighted by Crippen LogP contribution is 2.22. The third kappa shape index (κ3) is 2.99. The molecule has 2 unspecified atom stereocenters. The summed E-state index contributed by atoms with van der Waals surface area (Å²) in [6.45, 7) is 5.17. The largest absolute Gasteiger partial charge is 0.497 e. The zero-order valence-corrected chi connectivity index (χ0v) is 10.8. The molecule has 1 aromatic carbocycles. The van der Waals surface area contributed by atoms with Gasteiger partial charge < -0.3 is 14.8 Å². The van der Waals surface area contributed by atoms with Crippen LogP contribution < -0.4 is 10.1 Å². The van der Waals surface area contributed by atoms with Gasteiger partial charge in [-0.15, -0.1) is 0 Å². The van der Waals surface area contributed by atoms with Gasteiger partial charge in [0.1, 0.15) is 5.75 Å². The van der Waals surface area contributed by atoms with Crippen molar-refractivity contribution in [1.29, 1.82) is 0 Å². The predicted molar refractivity (Wildman–Crippen MR) is 68.4 cm³/mol. The van der Waals surface area contributed by atoms with Crippen LogP contribution in [-0.2, 0) is 4.74 Å². The lowest BCUT2D eigenvalue weighted by atomic mass is 10.1. The Morgan fingerprint density at radius 1 is 1.47 bits per heavy atom. The van der Waals surface area contributed by atoms with Crippen molar-refractivity contribution in [3.05, 3.63) is 29.8 Å². The number of methoxy groups -OCH3 is 1. The quantitative estimate of drug-likeness (QED) is 0.870. The molecule has 1 aliphatic rings. The fourth-order valence-corrected chi connectivity index (χ4v) is 2.28. The van der Waals surface area contributed by atoms with Crippen LogP contribution in [0.5, 0.6) is 5.75 Å². The lowest BCUT2D eigenvalue weighted by Gasteiger charge is -2.22. The second kappa shape index (κ2) is 5.52. The maximum atomic E-state index is 5.56. The predicted octanol–water partition coefficient (Wildman–Crippen LogP) is 2.52. The van der Waals surface area contributed by atoms with Crippen molar-refractivity contribution in [1.82, 2.24) is 5.32 Å². The smallest absolute Gasteiger partial charge is 0.119 e. The van der Waals surface area contributed by atoms with Crippen molar-refractivity contribution in [3.8, 4) is 5.75 Å². The molecule has 3 heteroatoms. The van der Waals surface area contributed by atoms with Crippen LogP contribution in [0.15, 0.2) is 24.3 Å². The highest BCUT2D eigenvalue weighted by molar-refractivity contribution is 5.30. The third-order valence-electron chi connectivity index (χ3n) is 3.43. The molecule has 0 radical (unpaired) electrons. The summed E-state index contributed by atoms with van der Waals surface area (Å²) in [7, 11) is 1.70. The zero-order chi connectivity index (χ0) is 12.3. The molecular weight excluding hydrogens is 214 g/mol. The fraction of sp³-hybridized carbons (Fsp3) is 0.571. The van der Waals surface area contributed by atoms with E-state index in [9.17, 15) is 0 Å². The maximum Gasteiger partial charge on any atom is 0.119 e. The SMILES string of the molecule is COc1cccc([C@H](C)NC2CCOC2C)c1. The molecule has 3 atom stereocenters. The minimum Gasteiger partial charge on any atom is -0.497 e. The van der Waals surface area contributed by atoms with E-state index < -0.39 is 0 Å². The Morgan fingerprint density at radius 2 is 2.29 bits per heavy atom. The Balaban J connectivity index is 2.00. The number of hydrogen-bond donors (Lipinski definition) is 1. The van der Waals surface area contributed by atoms with Crippen molar-refractivity contribution >= 4 is 0 Å². The van der Waals surface area contributed by atoms with Gasteiger partial charge in [0.15, 0.2) is 0 Å². The Bertz CT molecular complexity index is 367. The fourth-order valence-electron chi connectivity index (χ4n) is 2.28. The first-order valence-corrected chi connectivity index (χ1v) is 6.22. The van der Waals surface area contributed by atoms with Gasteiger partial charge in [0.25, 0.3) is 0 Å². The van der Waals surface area contributed by atoms with E-state index in [1.54, 1.807) is 7.11 Å². The Morgan fingerprint density at radius 3 is 2.94 bits per heavy atom. The van der Waals surface area contributed by atoms with E-state index in [0.29, 0.717) is 18.2 Å². The van der Waals surface area contributed by atoms with Gasteiger partial charge in [-0.25, -0.2) is 0 Å². The molecule has 0 saturated carbocycles. The normalized spacial score (nSPS) is 25.8.